The maximum absolute atomic E-state index is 12.9. The third-order valence-corrected chi connectivity index (χ3v) is 6.15. The number of nitrogens with one attached hydrogen (secondary N) is 2. The van der Waals surface area contributed by atoms with Gasteiger partial charge in [-0.2, -0.15) is 13.2 Å². The Morgan fingerprint density at radius 1 is 1.19 bits per heavy atom. The van der Waals surface area contributed by atoms with Crippen LogP contribution in [-0.4, -0.2) is 28.0 Å². The number of carbonyl (C=O) groups excluding carboxylic acids is 1. The van der Waals surface area contributed by atoms with Gasteiger partial charge in [-0.15, -0.1) is 0 Å². The van der Waals surface area contributed by atoms with Gasteiger partial charge < -0.3 is 15.0 Å². The highest BCUT2D eigenvalue weighted by molar-refractivity contribution is 6.04. The number of hydrogen-bond donors (Lipinski definition) is 2. The van der Waals surface area contributed by atoms with Crippen LogP contribution < -0.4 is 10.1 Å². The molecule has 0 atom stereocenters. The maximum Gasteiger partial charge on any atom is 0.433 e. The zero-order valence-corrected chi connectivity index (χ0v) is 17.9. The molecule has 2 heterocycles. The summed E-state index contributed by atoms with van der Waals surface area (Å²) in [7, 11) is 1.46. The first-order valence-corrected chi connectivity index (χ1v) is 10.7. The Labute approximate surface area is 183 Å². The number of imidazole rings is 1. The molecule has 0 aliphatic heterocycles. The van der Waals surface area contributed by atoms with Crippen LogP contribution in [0.25, 0.3) is 11.0 Å². The molecule has 3 aromatic rings. The first kappa shape index (κ1) is 22.1. The van der Waals surface area contributed by atoms with Gasteiger partial charge in [-0.1, -0.05) is 19.4 Å². The van der Waals surface area contributed by atoms with Crippen molar-refractivity contribution in [1.29, 1.82) is 0 Å². The molecule has 0 spiro atoms. The molecule has 0 saturated heterocycles. The molecular formula is C23H25F3N4O2. The Hall–Kier alpha value is -3.10. The predicted molar refractivity (Wildman–Crippen MR) is 115 cm³/mol. The maximum atomic E-state index is 12.9. The van der Waals surface area contributed by atoms with Crippen LogP contribution in [0.4, 0.5) is 18.9 Å². The lowest BCUT2D eigenvalue weighted by molar-refractivity contribution is -0.141. The van der Waals surface area contributed by atoms with Crippen LogP contribution in [0.1, 0.15) is 67.0 Å². The highest BCUT2D eigenvalue weighted by atomic mass is 19.4. The van der Waals surface area contributed by atoms with Gasteiger partial charge >= 0.3 is 6.18 Å². The van der Waals surface area contributed by atoms with Crippen LogP contribution in [0, 0.1) is 5.92 Å². The fraction of sp³-hybridized carbons (Fsp3) is 0.435. The van der Waals surface area contributed by atoms with Crippen molar-refractivity contribution in [2.75, 3.05) is 12.4 Å². The number of benzene rings is 1. The van der Waals surface area contributed by atoms with E-state index in [0.29, 0.717) is 22.9 Å². The summed E-state index contributed by atoms with van der Waals surface area (Å²) < 4.78 is 44.2. The van der Waals surface area contributed by atoms with Crippen LogP contribution in [0.3, 0.4) is 0 Å². The van der Waals surface area contributed by atoms with Gasteiger partial charge in [0, 0.05) is 12.0 Å². The Morgan fingerprint density at radius 3 is 2.59 bits per heavy atom. The molecule has 2 N–H and O–H groups in total. The lowest BCUT2D eigenvalue weighted by Gasteiger charge is -2.26. The Bertz CT molecular complexity index is 1120. The number of anilines is 1. The molecule has 32 heavy (non-hydrogen) atoms. The minimum Gasteiger partial charge on any atom is -0.494 e. The number of methoxy groups -OCH3 is 1. The lowest BCUT2D eigenvalue weighted by Crippen LogP contribution is -2.17. The zero-order chi connectivity index (χ0) is 22.9. The van der Waals surface area contributed by atoms with E-state index in [-0.39, 0.29) is 5.69 Å². The molecule has 1 amide bonds. The highest BCUT2D eigenvalue weighted by Gasteiger charge is 2.33. The van der Waals surface area contributed by atoms with Crippen LogP contribution in [0.15, 0.2) is 30.3 Å². The third kappa shape index (κ3) is 4.56. The van der Waals surface area contributed by atoms with Gasteiger partial charge in [0.2, 0.25) is 0 Å². The number of hydrogen-bond acceptors (Lipinski definition) is 4. The van der Waals surface area contributed by atoms with Crippen molar-refractivity contribution >= 4 is 22.6 Å². The summed E-state index contributed by atoms with van der Waals surface area (Å²) in [6.45, 7) is 2.23. The van der Waals surface area contributed by atoms with Crippen molar-refractivity contribution in [1.82, 2.24) is 15.0 Å². The lowest BCUT2D eigenvalue weighted by atomic mass is 9.80. The number of H-pyrrole nitrogens is 1. The second-order valence-corrected chi connectivity index (χ2v) is 8.18. The van der Waals surface area contributed by atoms with Crippen molar-refractivity contribution in [3.05, 3.63) is 47.5 Å². The molecule has 0 bridgehead atoms. The fourth-order valence-electron chi connectivity index (χ4n) is 4.27. The van der Waals surface area contributed by atoms with Gasteiger partial charge in [0.05, 0.1) is 23.8 Å². The number of alkyl halides is 3. The summed E-state index contributed by atoms with van der Waals surface area (Å²) in [5.41, 5.74) is 0.313. The first-order chi connectivity index (χ1) is 15.3. The summed E-state index contributed by atoms with van der Waals surface area (Å²) in [4.78, 5) is 24.1. The van der Waals surface area contributed by atoms with E-state index < -0.39 is 17.8 Å². The SMILES string of the molecule is CCC1CCC(c2nc3cc(OC)c(NC(=O)c4cccc(C(F)(F)F)n4)cc3[nH]2)CC1. The van der Waals surface area contributed by atoms with Crippen molar-refractivity contribution < 1.29 is 22.7 Å². The Kier molecular flexibility index (Phi) is 6.08. The van der Waals surface area contributed by atoms with Crippen LogP contribution >= 0.6 is 0 Å². The first-order valence-electron chi connectivity index (χ1n) is 10.7. The molecule has 1 aliphatic rings. The number of halogens is 3. The van der Waals surface area contributed by atoms with Gasteiger partial charge in [0.15, 0.2) is 0 Å². The number of pyridine rings is 1. The van der Waals surface area contributed by atoms with E-state index in [1.54, 1.807) is 12.1 Å². The van der Waals surface area contributed by atoms with E-state index in [9.17, 15) is 18.0 Å². The standard InChI is InChI=1S/C23H25F3N4O2/c1-3-13-7-9-14(10-8-13)21-28-16-11-18(19(32-2)12-17(16)29-21)30-22(31)15-5-4-6-20(27-15)23(24,25)26/h4-6,11-14H,3,7-10H2,1-2H3,(H,28,29)(H,30,31). The minimum atomic E-state index is -4.63. The van der Waals surface area contributed by atoms with Crippen molar-refractivity contribution in [2.45, 2.75) is 51.1 Å². The highest BCUT2D eigenvalue weighted by Crippen LogP contribution is 2.37. The van der Waals surface area contributed by atoms with E-state index in [0.717, 1.165) is 42.2 Å². The Balaban J connectivity index is 1.58. The van der Waals surface area contributed by atoms with E-state index in [1.165, 1.54) is 32.4 Å². The monoisotopic (exact) mass is 446 g/mol. The van der Waals surface area contributed by atoms with Crippen LogP contribution in [-0.2, 0) is 6.18 Å². The molecule has 1 aromatic carbocycles. The van der Waals surface area contributed by atoms with Crippen molar-refractivity contribution in [3.63, 3.8) is 0 Å². The van der Waals surface area contributed by atoms with Crippen molar-refractivity contribution in [2.24, 2.45) is 5.92 Å². The largest absolute Gasteiger partial charge is 0.494 e. The summed E-state index contributed by atoms with van der Waals surface area (Å²) >= 11 is 0. The molecule has 6 nitrogen and oxygen atoms in total. The van der Waals surface area contributed by atoms with Crippen molar-refractivity contribution in [3.8, 4) is 5.75 Å². The molecule has 1 aliphatic carbocycles. The number of fused-ring (bicyclic) bond motifs is 1. The number of aromatic nitrogens is 3. The minimum absolute atomic E-state index is 0.328. The molecule has 4 rings (SSSR count). The van der Waals surface area contributed by atoms with Crippen LogP contribution in [0.5, 0.6) is 5.75 Å². The second kappa shape index (κ2) is 8.80. The fourth-order valence-corrected chi connectivity index (χ4v) is 4.27. The van der Waals surface area contributed by atoms with E-state index >= 15 is 0 Å². The average Bonchev–Trinajstić information content (AvgIpc) is 3.21. The predicted octanol–water partition coefficient (Wildman–Crippen LogP) is 5.92. The molecule has 0 radical (unpaired) electrons. The topological polar surface area (TPSA) is 79.9 Å². The molecule has 1 fully saturated rings. The molecule has 2 aromatic heterocycles. The third-order valence-electron chi connectivity index (χ3n) is 6.15. The number of rotatable bonds is 5. The molecule has 170 valence electrons. The van der Waals surface area contributed by atoms with Gasteiger partial charge in [-0.3, -0.25) is 4.79 Å². The number of nitrogens with zero attached hydrogens (tertiary/aromatic N) is 2. The van der Waals surface area contributed by atoms with Crippen LogP contribution in [0.2, 0.25) is 0 Å². The quantitative estimate of drug-likeness (QED) is 0.510. The number of carbonyl (C=O) groups is 1. The van der Waals surface area contributed by atoms with Gasteiger partial charge in [-0.25, -0.2) is 9.97 Å². The summed E-state index contributed by atoms with van der Waals surface area (Å²) in [6, 6.07) is 6.61. The zero-order valence-electron chi connectivity index (χ0n) is 17.9. The summed E-state index contributed by atoms with van der Waals surface area (Å²) in [5, 5.41) is 2.61. The average molecular weight is 446 g/mol. The summed E-state index contributed by atoms with van der Waals surface area (Å²) in [6.07, 6.45) is 1.11. The Morgan fingerprint density at radius 2 is 1.94 bits per heavy atom. The molecule has 0 unspecified atom stereocenters. The normalized spacial score (nSPS) is 19.2. The number of aromatic amines is 1. The van der Waals surface area contributed by atoms with Gasteiger partial charge in [0.1, 0.15) is 23.0 Å². The second-order valence-electron chi connectivity index (χ2n) is 8.18. The van der Waals surface area contributed by atoms with Gasteiger partial charge in [-0.05, 0) is 49.8 Å². The van der Waals surface area contributed by atoms with Gasteiger partial charge in [0.25, 0.3) is 5.91 Å². The number of ether oxygens (including phenoxy) is 1. The summed E-state index contributed by atoms with van der Waals surface area (Å²) in [5.74, 6) is 1.67. The smallest absolute Gasteiger partial charge is 0.433 e. The van der Waals surface area contributed by atoms with E-state index in [4.69, 9.17) is 9.72 Å². The van der Waals surface area contributed by atoms with E-state index in [1.807, 2.05) is 0 Å². The number of amides is 1. The molecule has 1 saturated carbocycles. The molecule has 9 heteroatoms. The van der Waals surface area contributed by atoms with E-state index in [2.05, 4.69) is 22.2 Å². The molecular weight excluding hydrogens is 421 g/mol.